The van der Waals surface area contributed by atoms with Crippen molar-refractivity contribution in [1.29, 1.82) is 0 Å². The quantitative estimate of drug-likeness (QED) is 0.515. The largest absolute Gasteiger partial charge is 0.504 e. The number of hydrogen-bond acceptors (Lipinski definition) is 5. The summed E-state index contributed by atoms with van der Waals surface area (Å²) in [5.74, 6) is 1.02. The van der Waals surface area contributed by atoms with Crippen molar-refractivity contribution in [2.24, 2.45) is 5.92 Å². The molecule has 0 aromatic heterocycles. The number of carbonyl (C=O) groups is 1. The highest BCUT2D eigenvalue weighted by atomic mass is 16.5. The molecule has 6 nitrogen and oxygen atoms in total. The molecule has 29 heavy (non-hydrogen) atoms. The monoisotopic (exact) mass is 394 g/mol. The highest BCUT2D eigenvalue weighted by Gasteiger charge is 2.39. The van der Waals surface area contributed by atoms with Gasteiger partial charge >= 0.3 is 0 Å². The van der Waals surface area contributed by atoms with Crippen LogP contribution in [-0.4, -0.2) is 38.4 Å². The van der Waals surface area contributed by atoms with E-state index < -0.39 is 0 Å². The van der Waals surface area contributed by atoms with Crippen molar-refractivity contribution in [3.8, 4) is 11.5 Å². The molecule has 2 aromatic carbocycles. The van der Waals surface area contributed by atoms with Crippen LogP contribution in [0.15, 0.2) is 48.6 Å². The van der Waals surface area contributed by atoms with Crippen LogP contribution in [0.4, 0.5) is 5.69 Å². The van der Waals surface area contributed by atoms with Gasteiger partial charge in [0.05, 0.1) is 31.0 Å². The molecule has 152 valence electrons. The molecular weight excluding hydrogens is 368 g/mol. The van der Waals surface area contributed by atoms with Gasteiger partial charge in [-0.25, -0.2) is 0 Å². The number of fused-ring (bicyclic) bond motifs is 3. The Morgan fingerprint density at radius 2 is 2.14 bits per heavy atom. The lowest BCUT2D eigenvalue weighted by atomic mass is 9.76. The van der Waals surface area contributed by atoms with Crippen LogP contribution < -0.4 is 15.4 Å². The van der Waals surface area contributed by atoms with Crippen LogP contribution in [0, 0.1) is 5.92 Å². The number of nitrogens with one attached hydrogen (secondary N) is 2. The second-order valence-electron chi connectivity index (χ2n) is 7.43. The number of rotatable bonds is 6. The third-order valence-electron chi connectivity index (χ3n) is 5.80. The fourth-order valence-corrected chi connectivity index (χ4v) is 4.39. The molecule has 1 amide bonds. The first-order valence-electron chi connectivity index (χ1n) is 9.84. The van der Waals surface area contributed by atoms with E-state index >= 15 is 0 Å². The lowest BCUT2D eigenvalue weighted by molar-refractivity contribution is 0.0937. The lowest BCUT2D eigenvalue weighted by Crippen LogP contribution is -2.33. The number of hydrogen-bond donors (Lipinski definition) is 3. The molecule has 0 radical (unpaired) electrons. The van der Waals surface area contributed by atoms with Gasteiger partial charge in [-0.1, -0.05) is 30.4 Å². The maximum atomic E-state index is 12.8. The fraction of sp³-hybridized carbons (Fsp3) is 0.348. The molecule has 2 aromatic rings. The van der Waals surface area contributed by atoms with E-state index in [1.54, 1.807) is 20.3 Å². The molecule has 4 rings (SSSR count). The smallest absolute Gasteiger partial charge is 0.253 e. The number of aromatic hydroxyl groups is 1. The van der Waals surface area contributed by atoms with E-state index in [2.05, 4.69) is 28.9 Å². The average molecular weight is 394 g/mol. The van der Waals surface area contributed by atoms with Gasteiger partial charge in [0.25, 0.3) is 5.91 Å². The maximum absolute atomic E-state index is 12.8. The summed E-state index contributed by atoms with van der Waals surface area (Å²) in [6.07, 6.45) is 5.40. The number of phenolic OH excluding ortho intramolecular Hbond substituents is 1. The van der Waals surface area contributed by atoms with Gasteiger partial charge < -0.3 is 25.2 Å². The molecule has 6 heteroatoms. The third kappa shape index (κ3) is 3.56. The highest BCUT2D eigenvalue weighted by molar-refractivity contribution is 6.00. The minimum Gasteiger partial charge on any atom is -0.504 e. The molecule has 0 saturated carbocycles. The SMILES string of the molecule is COCCNC(=O)c1cccc2c1NC(c1ccc(O)c(OC)c1)C1CC=CC21. The molecule has 2 aliphatic rings. The highest BCUT2D eigenvalue weighted by Crippen LogP contribution is 2.51. The van der Waals surface area contributed by atoms with Gasteiger partial charge in [-0.2, -0.15) is 0 Å². The standard InChI is InChI=1S/C23H26N2O4/c1-28-12-11-24-23(27)18-8-4-7-17-15-5-3-6-16(15)21(25-22(17)18)14-9-10-19(26)20(13-14)29-2/h3-5,7-10,13,15-16,21,25-26H,6,11-12H2,1-2H3,(H,24,27). The Balaban J connectivity index is 1.71. The molecule has 3 N–H and O–H groups in total. The Morgan fingerprint density at radius 1 is 1.28 bits per heavy atom. The molecule has 1 aliphatic carbocycles. The summed E-state index contributed by atoms with van der Waals surface area (Å²) in [5, 5.41) is 16.5. The number of amides is 1. The van der Waals surface area contributed by atoms with Gasteiger partial charge in [-0.05, 0) is 41.7 Å². The average Bonchev–Trinajstić information content (AvgIpc) is 3.23. The van der Waals surface area contributed by atoms with Gasteiger partial charge in [0.2, 0.25) is 0 Å². The van der Waals surface area contributed by atoms with Gasteiger partial charge in [0, 0.05) is 19.6 Å². The van der Waals surface area contributed by atoms with Gasteiger partial charge in [0.15, 0.2) is 11.5 Å². The number of anilines is 1. The minimum atomic E-state index is -0.117. The van der Waals surface area contributed by atoms with Crippen LogP contribution in [0.1, 0.15) is 39.9 Å². The lowest BCUT2D eigenvalue weighted by Gasteiger charge is -2.38. The molecule has 0 saturated heterocycles. The Morgan fingerprint density at radius 3 is 2.93 bits per heavy atom. The van der Waals surface area contributed by atoms with Gasteiger partial charge in [-0.3, -0.25) is 4.79 Å². The Hall–Kier alpha value is -2.99. The van der Waals surface area contributed by atoms with Crippen molar-refractivity contribution in [3.63, 3.8) is 0 Å². The number of allylic oxidation sites excluding steroid dienone is 2. The fourth-order valence-electron chi connectivity index (χ4n) is 4.39. The van der Waals surface area contributed by atoms with Crippen molar-refractivity contribution in [2.45, 2.75) is 18.4 Å². The van der Waals surface area contributed by atoms with E-state index in [0.717, 1.165) is 23.2 Å². The predicted octanol–water partition coefficient (Wildman–Crippen LogP) is 3.60. The Bertz CT molecular complexity index is 940. The van der Waals surface area contributed by atoms with E-state index in [0.29, 0.717) is 30.4 Å². The zero-order valence-corrected chi connectivity index (χ0v) is 16.6. The van der Waals surface area contributed by atoms with E-state index in [1.807, 2.05) is 24.3 Å². The number of carbonyl (C=O) groups excluding carboxylic acids is 1. The molecule has 3 atom stereocenters. The predicted molar refractivity (Wildman–Crippen MR) is 112 cm³/mol. The molecule has 1 aliphatic heterocycles. The van der Waals surface area contributed by atoms with Crippen molar-refractivity contribution in [1.82, 2.24) is 5.32 Å². The summed E-state index contributed by atoms with van der Waals surface area (Å²) in [5.41, 5.74) is 3.67. The number of benzene rings is 2. The topological polar surface area (TPSA) is 79.8 Å². The third-order valence-corrected chi connectivity index (χ3v) is 5.80. The first kappa shape index (κ1) is 19.3. The van der Waals surface area contributed by atoms with Gasteiger partial charge in [-0.15, -0.1) is 0 Å². The summed E-state index contributed by atoms with van der Waals surface area (Å²) in [4.78, 5) is 12.8. The number of methoxy groups -OCH3 is 2. The van der Waals surface area contributed by atoms with E-state index in [1.165, 1.54) is 0 Å². The summed E-state index contributed by atoms with van der Waals surface area (Å²) in [6.45, 7) is 0.932. The second-order valence-corrected chi connectivity index (χ2v) is 7.43. The number of para-hydroxylation sites is 1. The van der Waals surface area contributed by atoms with Crippen LogP contribution in [0.2, 0.25) is 0 Å². The molecular formula is C23H26N2O4. The zero-order valence-electron chi connectivity index (χ0n) is 16.6. The van der Waals surface area contributed by atoms with Crippen molar-refractivity contribution >= 4 is 11.6 Å². The first-order chi connectivity index (χ1) is 14.1. The summed E-state index contributed by atoms with van der Waals surface area (Å²) in [7, 11) is 3.16. The van der Waals surface area contributed by atoms with Crippen molar-refractivity contribution in [2.75, 3.05) is 32.7 Å². The molecule has 0 fully saturated rings. The molecule has 0 bridgehead atoms. The number of phenols is 1. The summed E-state index contributed by atoms with van der Waals surface area (Å²) >= 11 is 0. The van der Waals surface area contributed by atoms with Crippen LogP contribution in [-0.2, 0) is 4.74 Å². The van der Waals surface area contributed by atoms with E-state index in [9.17, 15) is 9.90 Å². The van der Waals surface area contributed by atoms with Crippen LogP contribution >= 0.6 is 0 Å². The van der Waals surface area contributed by atoms with E-state index in [-0.39, 0.29) is 23.6 Å². The summed E-state index contributed by atoms with van der Waals surface area (Å²) < 4.78 is 10.3. The minimum absolute atomic E-state index is 0.00456. The van der Waals surface area contributed by atoms with Crippen LogP contribution in [0.25, 0.3) is 0 Å². The molecule has 3 unspecified atom stereocenters. The van der Waals surface area contributed by atoms with Gasteiger partial charge in [0.1, 0.15) is 0 Å². The Labute approximate surface area is 170 Å². The second kappa shape index (κ2) is 8.17. The number of ether oxygens (including phenoxy) is 2. The Kier molecular flexibility index (Phi) is 5.45. The van der Waals surface area contributed by atoms with Crippen molar-refractivity contribution in [3.05, 3.63) is 65.2 Å². The zero-order chi connectivity index (χ0) is 20.4. The normalized spacial score (nSPS) is 21.8. The summed E-state index contributed by atoms with van der Waals surface area (Å²) in [6, 6.07) is 11.3. The van der Waals surface area contributed by atoms with Crippen LogP contribution in [0.5, 0.6) is 11.5 Å². The van der Waals surface area contributed by atoms with E-state index in [4.69, 9.17) is 9.47 Å². The first-order valence-corrected chi connectivity index (χ1v) is 9.84. The van der Waals surface area contributed by atoms with Crippen LogP contribution in [0.3, 0.4) is 0 Å². The molecule has 0 spiro atoms. The van der Waals surface area contributed by atoms with Crippen molar-refractivity contribution < 1.29 is 19.4 Å². The molecule has 1 heterocycles. The maximum Gasteiger partial charge on any atom is 0.253 e.